The number of esters is 1. The van der Waals surface area contributed by atoms with E-state index in [1.165, 1.54) is 12.8 Å². The Morgan fingerprint density at radius 1 is 1.36 bits per heavy atom. The minimum Gasteiger partial charge on any atom is -0.463 e. The molecule has 0 unspecified atom stereocenters. The van der Waals surface area contributed by atoms with Crippen LogP contribution in [0.5, 0.6) is 0 Å². The van der Waals surface area contributed by atoms with Crippen LogP contribution in [0.15, 0.2) is 12.7 Å². The van der Waals surface area contributed by atoms with Crippen LogP contribution in [0, 0.1) is 0 Å². The quantitative estimate of drug-likeness (QED) is 0.466. The van der Waals surface area contributed by atoms with E-state index in [2.05, 4.69) is 25.2 Å². The maximum atomic E-state index is 10.1. The lowest BCUT2D eigenvalue weighted by molar-refractivity contribution is -0.137. The minimum atomic E-state index is -0.359. The zero-order valence-corrected chi connectivity index (χ0v) is 7.72. The van der Waals surface area contributed by atoms with Gasteiger partial charge in [-0.2, -0.15) is 0 Å². The third-order valence-electron chi connectivity index (χ3n) is 0.953. The standard InChI is InChI=1S/C5H8O2.C4H10/c1-3-5(6)7-4-2;1-3-4-2/h3H,1,4H2,2H3;3-4H2,1-2H3. The summed E-state index contributed by atoms with van der Waals surface area (Å²) in [7, 11) is 0. The Kier molecular flexibility index (Phi) is 13.9. The molecule has 2 heteroatoms. The van der Waals surface area contributed by atoms with Crippen LogP contribution in [0.25, 0.3) is 0 Å². The van der Waals surface area contributed by atoms with E-state index in [-0.39, 0.29) is 5.97 Å². The van der Waals surface area contributed by atoms with E-state index in [1.54, 1.807) is 6.92 Å². The van der Waals surface area contributed by atoms with Crippen molar-refractivity contribution in [3.63, 3.8) is 0 Å². The third-order valence-corrected chi connectivity index (χ3v) is 0.953. The number of ether oxygens (including phenoxy) is 1. The molecule has 0 rings (SSSR count). The number of hydrogen-bond donors (Lipinski definition) is 0. The van der Waals surface area contributed by atoms with E-state index in [9.17, 15) is 4.79 Å². The summed E-state index contributed by atoms with van der Waals surface area (Å²) >= 11 is 0. The first kappa shape index (κ1) is 12.8. The van der Waals surface area contributed by atoms with Crippen LogP contribution < -0.4 is 0 Å². The zero-order chi connectivity index (χ0) is 9.11. The van der Waals surface area contributed by atoms with Crippen LogP contribution in [0.4, 0.5) is 0 Å². The molecular weight excluding hydrogens is 140 g/mol. The van der Waals surface area contributed by atoms with Gasteiger partial charge in [-0.05, 0) is 6.92 Å². The highest BCUT2D eigenvalue weighted by Crippen LogP contribution is 1.76. The second kappa shape index (κ2) is 11.9. The summed E-state index contributed by atoms with van der Waals surface area (Å²) in [5.41, 5.74) is 0. The zero-order valence-electron chi connectivity index (χ0n) is 7.72. The van der Waals surface area contributed by atoms with Crippen molar-refractivity contribution in [3.05, 3.63) is 12.7 Å². The molecule has 0 saturated heterocycles. The summed E-state index contributed by atoms with van der Waals surface area (Å²) in [4.78, 5) is 10.1. The van der Waals surface area contributed by atoms with Gasteiger partial charge in [0.25, 0.3) is 0 Å². The number of hydrogen-bond acceptors (Lipinski definition) is 2. The van der Waals surface area contributed by atoms with Crippen molar-refractivity contribution in [2.45, 2.75) is 33.6 Å². The second-order valence-corrected chi connectivity index (χ2v) is 1.96. The van der Waals surface area contributed by atoms with Crippen molar-refractivity contribution in [2.75, 3.05) is 6.61 Å². The largest absolute Gasteiger partial charge is 0.463 e. The van der Waals surface area contributed by atoms with Crippen LogP contribution in [-0.4, -0.2) is 12.6 Å². The molecule has 0 fully saturated rings. The first-order chi connectivity index (χ1) is 5.22. The molecule has 66 valence electrons. The van der Waals surface area contributed by atoms with Crippen molar-refractivity contribution >= 4 is 5.97 Å². The fraction of sp³-hybridized carbons (Fsp3) is 0.667. The molecule has 0 heterocycles. The third kappa shape index (κ3) is 17.6. The lowest BCUT2D eigenvalue weighted by atomic mass is 10.4. The predicted molar refractivity (Wildman–Crippen MR) is 47.4 cm³/mol. The Morgan fingerprint density at radius 3 is 1.91 bits per heavy atom. The Morgan fingerprint density at radius 2 is 1.82 bits per heavy atom. The highest BCUT2D eigenvalue weighted by molar-refractivity contribution is 5.81. The average molecular weight is 158 g/mol. The molecule has 11 heavy (non-hydrogen) atoms. The van der Waals surface area contributed by atoms with Crippen LogP contribution in [0.3, 0.4) is 0 Å². The molecule has 0 spiro atoms. The van der Waals surface area contributed by atoms with Crippen LogP contribution in [0.1, 0.15) is 33.6 Å². The summed E-state index contributed by atoms with van der Waals surface area (Å²) in [6.45, 7) is 9.74. The highest BCUT2D eigenvalue weighted by Gasteiger charge is 1.86. The molecular formula is C9H18O2. The first-order valence-electron chi connectivity index (χ1n) is 4.02. The van der Waals surface area contributed by atoms with Gasteiger partial charge in [-0.3, -0.25) is 0 Å². The van der Waals surface area contributed by atoms with Gasteiger partial charge < -0.3 is 4.74 Å². The molecule has 2 nitrogen and oxygen atoms in total. The van der Waals surface area contributed by atoms with E-state index < -0.39 is 0 Å². The second-order valence-electron chi connectivity index (χ2n) is 1.96. The molecule has 0 aromatic carbocycles. The van der Waals surface area contributed by atoms with Crippen molar-refractivity contribution in [1.82, 2.24) is 0 Å². The average Bonchev–Trinajstić information content (AvgIpc) is 2.05. The van der Waals surface area contributed by atoms with Gasteiger partial charge >= 0.3 is 5.97 Å². The van der Waals surface area contributed by atoms with Gasteiger partial charge in [0.2, 0.25) is 0 Å². The molecule has 0 aromatic rings. The van der Waals surface area contributed by atoms with Crippen LogP contribution in [0.2, 0.25) is 0 Å². The molecule has 0 aliphatic heterocycles. The van der Waals surface area contributed by atoms with E-state index in [4.69, 9.17) is 0 Å². The summed E-state index contributed by atoms with van der Waals surface area (Å²) in [5.74, 6) is -0.359. The Hall–Kier alpha value is -0.790. The number of carbonyl (C=O) groups is 1. The van der Waals surface area contributed by atoms with Gasteiger partial charge in [0, 0.05) is 6.08 Å². The van der Waals surface area contributed by atoms with Gasteiger partial charge in [-0.25, -0.2) is 4.79 Å². The van der Waals surface area contributed by atoms with Crippen LogP contribution >= 0.6 is 0 Å². The summed E-state index contributed by atoms with van der Waals surface area (Å²) in [5, 5.41) is 0. The molecule has 0 radical (unpaired) electrons. The maximum Gasteiger partial charge on any atom is 0.330 e. The Bertz CT molecular complexity index is 95.7. The van der Waals surface area contributed by atoms with Gasteiger partial charge in [-0.1, -0.05) is 33.3 Å². The molecule has 0 N–H and O–H groups in total. The van der Waals surface area contributed by atoms with E-state index >= 15 is 0 Å². The highest BCUT2D eigenvalue weighted by atomic mass is 16.5. The van der Waals surface area contributed by atoms with Crippen molar-refractivity contribution in [3.8, 4) is 0 Å². The number of rotatable bonds is 3. The van der Waals surface area contributed by atoms with Gasteiger partial charge in [0.15, 0.2) is 0 Å². The van der Waals surface area contributed by atoms with Crippen molar-refractivity contribution in [1.29, 1.82) is 0 Å². The van der Waals surface area contributed by atoms with Gasteiger partial charge in [0.1, 0.15) is 0 Å². The molecule has 0 amide bonds. The van der Waals surface area contributed by atoms with E-state index in [0.717, 1.165) is 6.08 Å². The van der Waals surface area contributed by atoms with Gasteiger partial charge in [0.05, 0.1) is 6.61 Å². The molecule has 0 aliphatic rings. The molecule has 0 saturated carbocycles. The maximum absolute atomic E-state index is 10.1. The Labute approximate surface area is 69.3 Å². The topological polar surface area (TPSA) is 26.3 Å². The molecule has 0 aromatic heterocycles. The fourth-order valence-electron chi connectivity index (χ4n) is 0.201. The molecule has 0 aliphatic carbocycles. The number of unbranched alkanes of at least 4 members (excludes halogenated alkanes) is 1. The van der Waals surface area contributed by atoms with E-state index in [0.29, 0.717) is 6.61 Å². The first-order valence-corrected chi connectivity index (χ1v) is 4.02. The predicted octanol–water partition coefficient (Wildman–Crippen LogP) is 2.54. The normalized spacial score (nSPS) is 7.55. The number of carbonyl (C=O) groups excluding carboxylic acids is 1. The van der Waals surface area contributed by atoms with Gasteiger partial charge in [-0.15, -0.1) is 0 Å². The smallest absolute Gasteiger partial charge is 0.330 e. The SMILES string of the molecule is C=CC(=O)OCC.CCCC. The summed E-state index contributed by atoms with van der Waals surface area (Å²) in [6.07, 6.45) is 3.78. The monoisotopic (exact) mass is 158 g/mol. The lowest BCUT2D eigenvalue weighted by Crippen LogP contribution is -1.97. The Balaban J connectivity index is 0. The van der Waals surface area contributed by atoms with Crippen LogP contribution in [-0.2, 0) is 9.53 Å². The van der Waals surface area contributed by atoms with E-state index in [1.807, 2.05) is 0 Å². The minimum absolute atomic E-state index is 0.359. The molecule has 0 atom stereocenters. The fourth-order valence-corrected chi connectivity index (χ4v) is 0.201. The molecule has 0 bridgehead atoms. The summed E-state index contributed by atoms with van der Waals surface area (Å²) < 4.78 is 4.43. The lowest BCUT2D eigenvalue weighted by Gasteiger charge is -1.90. The summed E-state index contributed by atoms with van der Waals surface area (Å²) in [6, 6.07) is 0. The van der Waals surface area contributed by atoms with Crippen molar-refractivity contribution < 1.29 is 9.53 Å². The van der Waals surface area contributed by atoms with Crippen molar-refractivity contribution in [2.24, 2.45) is 0 Å².